The topological polar surface area (TPSA) is 42.9 Å². The number of hydrogen-bond donors (Lipinski definition) is 0. The van der Waals surface area contributed by atoms with Gasteiger partial charge in [0.15, 0.2) is 0 Å². The third-order valence-electron chi connectivity index (χ3n) is 3.16. The van der Waals surface area contributed by atoms with Gasteiger partial charge in [0.25, 0.3) is 0 Å². The molecule has 1 aromatic heterocycles. The van der Waals surface area contributed by atoms with E-state index in [4.69, 9.17) is 0 Å². The molecule has 0 radical (unpaired) electrons. The molecule has 1 fully saturated rings. The van der Waals surface area contributed by atoms with Crippen LogP contribution in [0.15, 0.2) is 18.5 Å². The van der Waals surface area contributed by atoms with Crippen molar-refractivity contribution in [3.63, 3.8) is 0 Å². The van der Waals surface area contributed by atoms with Crippen LogP contribution in [0.2, 0.25) is 0 Å². The molecule has 0 amide bonds. The molecule has 2 rings (SSSR count). The SMILES string of the molecule is CC(C)(C)CC(=O)CC1(c2ncccn2)CC1. The summed E-state index contributed by atoms with van der Waals surface area (Å²) in [4.78, 5) is 20.6. The quantitative estimate of drug-likeness (QED) is 0.801. The van der Waals surface area contributed by atoms with Crippen LogP contribution in [0, 0.1) is 5.41 Å². The van der Waals surface area contributed by atoms with E-state index in [1.54, 1.807) is 12.4 Å². The van der Waals surface area contributed by atoms with Crippen molar-refractivity contribution >= 4 is 5.78 Å². The molecule has 0 unspecified atom stereocenters. The van der Waals surface area contributed by atoms with E-state index in [9.17, 15) is 4.79 Å². The van der Waals surface area contributed by atoms with Crippen molar-refractivity contribution in [1.29, 1.82) is 0 Å². The van der Waals surface area contributed by atoms with Gasteiger partial charge in [-0.25, -0.2) is 9.97 Å². The highest BCUT2D eigenvalue weighted by molar-refractivity contribution is 5.81. The standard InChI is InChI=1S/C14H20N2O/c1-13(2,3)9-11(17)10-14(5-6-14)12-15-7-4-8-16-12/h4,7-8H,5-6,9-10H2,1-3H3. The van der Waals surface area contributed by atoms with Gasteiger partial charge in [-0.1, -0.05) is 20.8 Å². The first-order valence-electron chi connectivity index (χ1n) is 6.21. The molecule has 92 valence electrons. The maximum Gasteiger partial charge on any atom is 0.134 e. The van der Waals surface area contributed by atoms with Crippen molar-refractivity contribution in [2.75, 3.05) is 0 Å². The highest BCUT2D eigenvalue weighted by Gasteiger charge is 2.48. The maximum absolute atomic E-state index is 12.0. The molecule has 0 atom stereocenters. The fraction of sp³-hybridized carbons (Fsp3) is 0.643. The third kappa shape index (κ3) is 3.11. The van der Waals surface area contributed by atoms with Crippen LogP contribution in [0.3, 0.4) is 0 Å². The van der Waals surface area contributed by atoms with E-state index >= 15 is 0 Å². The lowest BCUT2D eigenvalue weighted by molar-refractivity contribution is -0.121. The van der Waals surface area contributed by atoms with Crippen LogP contribution in [-0.2, 0) is 10.2 Å². The molecule has 3 nitrogen and oxygen atoms in total. The fourth-order valence-electron chi connectivity index (χ4n) is 2.23. The average Bonchev–Trinajstić information content (AvgIpc) is 2.97. The molecule has 0 N–H and O–H groups in total. The molecule has 1 saturated carbocycles. The van der Waals surface area contributed by atoms with Gasteiger partial charge in [-0.2, -0.15) is 0 Å². The molecule has 0 aromatic carbocycles. The van der Waals surface area contributed by atoms with Gasteiger partial charge in [0.2, 0.25) is 0 Å². The van der Waals surface area contributed by atoms with Gasteiger partial charge in [0, 0.05) is 30.7 Å². The summed E-state index contributed by atoms with van der Waals surface area (Å²) in [5.74, 6) is 1.18. The van der Waals surface area contributed by atoms with E-state index < -0.39 is 0 Å². The molecule has 0 spiro atoms. The largest absolute Gasteiger partial charge is 0.300 e. The molecule has 1 aliphatic carbocycles. The Morgan fingerprint density at radius 2 is 1.88 bits per heavy atom. The smallest absolute Gasteiger partial charge is 0.134 e. The predicted octanol–water partition coefficient (Wildman–Crippen LogP) is 2.90. The van der Waals surface area contributed by atoms with Gasteiger partial charge in [0.1, 0.15) is 11.6 Å². The van der Waals surface area contributed by atoms with Crippen LogP contribution in [0.5, 0.6) is 0 Å². The molecule has 17 heavy (non-hydrogen) atoms. The van der Waals surface area contributed by atoms with Crippen LogP contribution < -0.4 is 0 Å². The van der Waals surface area contributed by atoms with E-state index in [-0.39, 0.29) is 10.8 Å². The first kappa shape index (κ1) is 12.2. The second kappa shape index (κ2) is 4.21. The van der Waals surface area contributed by atoms with Gasteiger partial charge < -0.3 is 0 Å². The first-order chi connectivity index (χ1) is 7.91. The van der Waals surface area contributed by atoms with Crippen LogP contribution in [-0.4, -0.2) is 15.8 Å². The minimum Gasteiger partial charge on any atom is -0.300 e. The van der Waals surface area contributed by atoms with Crippen molar-refractivity contribution < 1.29 is 4.79 Å². The van der Waals surface area contributed by atoms with E-state index in [2.05, 4.69) is 30.7 Å². The first-order valence-corrected chi connectivity index (χ1v) is 6.21. The molecule has 0 saturated heterocycles. The van der Waals surface area contributed by atoms with Crippen molar-refractivity contribution in [3.05, 3.63) is 24.3 Å². The summed E-state index contributed by atoms with van der Waals surface area (Å²) in [6.07, 6.45) is 6.86. The van der Waals surface area contributed by atoms with Crippen molar-refractivity contribution in [1.82, 2.24) is 9.97 Å². The molecule has 1 heterocycles. The number of Topliss-reactive ketones (excluding diaryl/α,β-unsaturated/α-hetero) is 1. The monoisotopic (exact) mass is 232 g/mol. The van der Waals surface area contributed by atoms with Crippen LogP contribution in [0.25, 0.3) is 0 Å². The third-order valence-corrected chi connectivity index (χ3v) is 3.16. The molecule has 1 aliphatic rings. The zero-order valence-corrected chi connectivity index (χ0v) is 10.9. The lowest BCUT2D eigenvalue weighted by Gasteiger charge is -2.19. The van der Waals surface area contributed by atoms with Crippen LogP contribution in [0.1, 0.15) is 52.3 Å². The molecule has 1 aromatic rings. The van der Waals surface area contributed by atoms with Gasteiger partial charge in [-0.3, -0.25) is 4.79 Å². The lowest BCUT2D eigenvalue weighted by Crippen LogP contribution is -2.20. The summed E-state index contributed by atoms with van der Waals surface area (Å²) in [6.45, 7) is 6.30. The Morgan fingerprint density at radius 1 is 1.29 bits per heavy atom. The second-order valence-electron chi connectivity index (χ2n) is 6.31. The van der Waals surface area contributed by atoms with E-state index in [1.165, 1.54) is 0 Å². The zero-order chi connectivity index (χ0) is 12.5. The molecule has 0 aliphatic heterocycles. The fourth-order valence-corrected chi connectivity index (χ4v) is 2.23. The number of carbonyl (C=O) groups is 1. The Morgan fingerprint density at radius 3 is 2.35 bits per heavy atom. The van der Waals surface area contributed by atoms with E-state index in [0.29, 0.717) is 18.6 Å². The van der Waals surface area contributed by atoms with Crippen LogP contribution in [0.4, 0.5) is 0 Å². The van der Waals surface area contributed by atoms with Gasteiger partial charge >= 0.3 is 0 Å². The highest BCUT2D eigenvalue weighted by atomic mass is 16.1. The highest BCUT2D eigenvalue weighted by Crippen LogP contribution is 2.50. The lowest BCUT2D eigenvalue weighted by atomic mass is 9.86. The summed E-state index contributed by atoms with van der Waals surface area (Å²) in [7, 11) is 0. The Kier molecular flexibility index (Phi) is 3.02. The summed E-state index contributed by atoms with van der Waals surface area (Å²) in [6, 6.07) is 1.82. The Bertz CT molecular complexity index is 402. The molecule has 3 heteroatoms. The van der Waals surface area contributed by atoms with Crippen molar-refractivity contribution in [3.8, 4) is 0 Å². The summed E-state index contributed by atoms with van der Waals surface area (Å²) >= 11 is 0. The average molecular weight is 232 g/mol. The number of aromatic nitrogens is 2. The minimum absolute atomic E-state index is 0.0381. The predicted molar refractivity (Wildman–Crippen MR) is 66.6 cm³/mol. The van der Waals surface area contributed by atoms with Crippen molar-refractivity contribution in [2.45, 2.75) is 51.9 Å². The van der Waals surface area contributed by atoms with Gasteiger partial charge in [0.05, 0.1) is 0 Å². The van der Waals surface area contributed by atoms with Gasteiger partial charge in [-0.15, -0.1) is 0 Å². The number of nitrogens with zero attached hydrogens (tertiary/aromatic N) is 2. The normalized spacial score (nSPS) is 17.8. The number of carbonyl (C=O) groups excluding carboxylic acids is 1. The summed E-state index contributed by atoms with van der Waals surface area (Å²) < 4.78 is 0. The minimum atomic E-state index is -0.0381. The number of hydrogen-bond acceptors (Lipinski definition) is 3. The molecule has 0 bridgehead atoms. The zero-order valence-electron chi connectivity index (χ0n) is 10.9. The molecular weight excluding hydrogens is 212 g/mol. The number of rotatable bonds is 4. The maximum atomic E-state index is 12.0. The second-order valence-corrected chi connectivity index (χ2v) is 6.31. The summed E-state index contributed by atoms with van der Waals surface area (Å²) in [5.41, 5.74) is 0.0360. The van der Waals surface area contributed by atoms with Crippen LogP contribution >= 0.6 is 0 Å². The Labute approximate surface area is 103 Å². The van der Waals surface area contributed by atoms with E-state index in [0.717, 1.165) is 18.7 Å². The van der Waals surface area contributed by atoms with E-state index in [1.807, 2.05) is 6.07 Å². The van der Waals surface area contributed by atoms with Crippen molar-refractivity contribution in [2.24, 2.45) is 5.41 Å². The van der Waals surface area contributed by atoms with Gasteiger partial charge in [-0.05, 0) is 24.3 Å². The molecular formula is C14H20N2O. The Balaban J connectivity index is 2.02. The Hall–Kier alpha value is -1.25. The number of ketones is 1. The summed E-state index contributed by atoms with van der Waals surface area (Å²) in [5, 5.41) is 0.